The molecular formula is C9H10N6O3. The third kappa shape index (κ3) is 2.51. The Bertz CT molecular complexity index is 581. The second kappa shape index (κ2) is 4.65. The quantitative estimate of drug-likeness (QED) is 0.603. The van der Waals surface area contributed by atoms with E-state index in [9.17, 15) is 10.1 Å². The molecule has 0 aliphatic carbocycles. The second-order valence-corrected chi connectivity index (χ2v) is 3.44. The van der Waals surface area contributed by atoms with Crippen molar-refractivity contribution >= 4 is 17.3 Å². The van der Waals surface area contributed by atoms with Crippen LogP contribution in [0.5, 0.6) is 0 Å². The standard InChI is InChI=1S/C9H10N6O3/c1-5-12-8(14-18-5)4-11-7-3-2-6(15(16)17)9(10)13-7/h2-3H,4H2,1H3,(H3,10,11,13). The van der Waals surface area contributed by atoms with Crippen LogP contribution in [0.4, 0.5) is 17.3 Å². The van der Waals surface area contributed by atoms with Crippen molar-refractivity contribution in [1.29, 1.82) is 0 Å². The van der Waals surface area contributed by atoms with E-state index in [0.717, 1.165) is 0 Å². The lowest BCUT2D eigenvalue weighted by atomic mass is 10.4. The number of hydrogen-bond acceptors (Lipinski definition) is 8. The number of aryl methyl sites for hydroxylation is 1. The van der Waals surface area contributed by atoms with Gasteiger partial charge in [-0.15, -0.1) is 0 Å². The van der Waals surface area contributed by atoms with Gasteiger partial charge in [-0.05, 0) is 6.07 Å². The molecule has 0 saturated carbocycles. The molecule has 0 fully saturated rings. The summed E-state index contributed by atoms with van der Waals surface area (Å²) in [6, 6.07) is 2.74. The molecule has 0 spiro atoms. The number of nitrogens with zero attached hydrogens (tertiary/aromatic N) is 4. The summed E-state index contributed by atoms with van der Waals surface area (Å²) < 4.78 is 4.79. The van der Waals surface area contributed by atoms with Gasteiger partial charge in [0.15, 0.2) is 5.82 Å². The van der Waals surface area contributed by atoms with E-state index in [1.165, 1.54) is 12.1 Å². The van der Waals surface area contributed by atoms with Gasteiger partial charge in [0.1, 0.15) is 5.82 Å². The van der Waals surface area contributed by atoms with Crippen molar-refractivity contribution in [2.75, 3.05) is 11.1 Å². The van der Waals surface area contributed by atoms with Gasteiger partial charge < -0.3 is 15.6 Å². The summed E-state index contributed by atoms with van der Waals surface area (Å²) in [6.07, 6.45) is 0. The monoisotopic (exact) mass is 250 g/mol. The Morgan fingerprint density at radius 1 is 1.50 bits per heavy atom. The topological polar surface area (TPSA) is 133 Å². The molecule has 2 rings (SSSR count). The van der Waals surface area contributed by atoms with E-state index in [0.29, 0.717) is 24.1 Å². The van der Waals surface area contributed by atoms with Crippen molar-refractivity contribution in [2.24, 2.45) is 0 Å². The molecule has 0 bridgehead atoms. The average Bonchev–Trinajstić information content (AvgIpc) is 2.72. The van der Waals surface area contributed by atoms with Crippen LogP contribution in [0.15, 0.2) is 16.7 Å². The Morgan fingerprint density at radius 2 is 2.28 bits per heavy atom. The first-order valence-electron chi connectivity index (χ1n) is 5.00. The summed E-state index contributed by atoms with van der Waals surface area (Å²) in [6.45, 7) is 1.97. The molecule has 0 aromatic carbocycles. The van der Waals surface area contributed by atoms with Crippen molar-refractivity contribution in [2.45, 2.75) is 13.5 Å². The maximum atomic E-state index is 10.5. The Hall–Kier alpha value is -2.71. The lowest BCUT2D eigenvalue weighted by Gasteiger charge is -2.03. The van der Waals surface area contributed by atoms with Crippen LogP contribution in [0.3, 0.4) is 0 Å². The van der Waals surface area contributed by atoms with E-state index in [1.807, 2.05) is 0 Å². The van der Waals surface area contributed by atoms with Crippen molar-refractivity contribution in [3.05, 3.63) is 34.0 Å². The molecule has 0 aliphatic heterocycles. The van der Waals surface area contributed by atoms with Gasteiger partial charge in [0.2, 0.25) is 11.7 Å². The summed E-state index contributed by atoms with van der Waals surface area (Å²) >= 11 is 0. The number of aromatic nitrogens is 3. The van der Waals surface area contributed by atoms with Crippen LogP contribution >= 0.6 is 0 Å². The smallest absolute Gasteiger partial charge is 0.311 e. The highest BCUT2D eigenvalue weighted by Crippen LogP contribution is 2.20. The number of pyridine rings is 1. The van der Waals surface area contributed by atoms with Gasteiger partial charge in [0.05, 0.1) is 11.5 Å². The fraction of sp³-hybridized carbons (Fsp3) is 0.222. The highest BCUT2D eigenvalue weighted by Gasteiger charge is 2.12. The summed E-state index contributed by atoms with van der Waals surface area (Å²) in [5, 5.41) is 17.1. The van der Waals surface area contributed by atoms with Crippen LogP contribution in [-0.4, -0.2) is 20.0 Å². The fourth-order valence-corrected chi connectivity index (χ4v) is 1.30. The Labute approximate surface area is 101 Å². The number of rotatable bonds is 4. The fourth-order valence-electron chi connectivity index (χ4n) is 1.30. The zero-order valence-corrected chi connectivity index (χ0v) is 9.45. The number of anilines is 2. The molecule has 94 valence electrons. The molecule has 3 N–H and O–H groups in total. The third-order valence-corrected chi connectivity index (χ3v) is 2.10. The molecule has 18 heavy (non-hydrogen) atoms. The molecular weight excluding hydrogens is 240 g/mol. The first-order valence-corrected chi connectivity index (χ1v) is 5.00. The number of nitro groups is 1. The van der Waals surface area contributed by atoms with Gasteiger partial charge in [-0.25, -0.2) is 4.98 Å². The van der Waals surface area contributed by atoms with Gasteiger partial charge in [-0.1, -0.05) is 5.16 Å². The minimum Gasteiger partial charge on any atom is -0.378 e. The van der Waals surface area contributed by atoms with E-state index >= 15 is 0 Å². The van der Waals surface area contributed by atoms with Crippen molar-refractivity contribution < 1.29 is 9.45 Å². The summed E-state index contributed by atoms with van der Waals surface area (Å²) in [4.78, 5) is 17.8. The summed E-state index contributed by atoms with van der Waals surface area (Å²) in [5.41, 5.74) is 5.23. The Balaban J connectivity index is 2.06. The lowest BCUT2D eigenvalue weighted by molar-refractivity contribution is -0.384. The first-order chi connectivity index (χ1) is 8.56. The van der Waals surface area contributed by atoms with E-state index in [4.69, 9.17) is 10.3 Å². The van der Waals surface area contributed by atoms with Gasteiger partial charge in [-0.3, -0.25) is 10.1 Å². The van der Waals surface area contributed by atoms with Crippen molar-refractivity contribution in [1.82, 2.24) is 15.1 Å². The van der Waals surface area contributed by atoms with E-state index < -0.39 is 4.92 Å². The average molecular weight is 250 g/mol. The van der Waals surface area contributed by atoms with Crippen LogP contribution in [0.2, 0.25) is 0 Å². The van der Waals surface area contributed by atoms with Crippen LogP contribution in [-0.2, 0) is 6.54 Å². The summed E-state index contributed by atoms with van der Waals surface area (Å²) in [7, 11) is 0. The molecule has 2 aromatic heterocycles. The number of nitrogens with one attached hydrogen (secondary N) is 1. The highest BCUT2D eigenvalue weighted by molar-refractivity contribution is 5.57. The Morgan fingerprint density at radius 3 is 2.83 bits per heavy atom. The largest absolute Gasteiger partial charge is 0.378 e. The maximum Gasteiger partial charge on any atom is 0.311 e. The molecule has 0 amide bonds. The number of nitrogens with two attached hydrogens (primary N) is 1. The number of nitrogen functional groups attached to an aromatic ring is 1. The minimum atomic E-state index is -0.589. The van der Waals surface area contributed by atoms with Gasteiger partial charge in [-0.2, -0.15) is 4.98 Å². The minimum absolute atomic E-state index is 0.144. The van der Waals surface area contributed by atoms with Crippen LogP contribution in [0.1, 0.15) is 11.7 Å². The highest BCUT2D eigenvalue weighted by atomic mass is 16.6. The SMILES string of the molecule is Cc1nc(CNc2ccc([N+](=O)[O-])c(N)n2)no1. The van der Waals surface area contributed by atoms with E-state index in [2.05, 4.69) is 20.4 Å². The van der Waals surface area contributed by atoms with Crippen molar-refractivity contribution in [3.8, 4) is 0 Å². The molecule has 0 radical (unpaired) electrons. The molecule has 9 nitrogen and oxygen atoms in total. The van der Waals surface area contributed by atoms with Gasteiger partial charge >= 0.3 is 5.69 Å². The van der Waals surface area contributed by atoms with Gasteiger partial charge in [0.25, 0.3) is 0 Å². The van der Waals surface area contributed by atoms with Crippen LogP contribution < -0.4 is 11.1 Å². The molecule has 0 atom stereocenters. The maximum absolute atomic E-state index is 10.5. The zero-order valence-electron chi connectivity index (χ0n) is 9.45. The predicted molar refractivity (Wildman–Crippen MR) is 61.7 cm³/mol. The molecule has 2 heterocycles. The summed E-state index contributed by atoms with van der Waals surface area (Å²) in [5.74, 6) is 1.18. The molecule has 0 saturated heterocycles. The molecule has 9 heteroatoms. The predicted octanol–water partition coefficient (Wildman–Crippen LogP) is 0.876. The molecule has 0 aliphatic rings. The lowest BCUT2D eigenvalue weighted by Crippen LogP contribution is -2.05. The second-order valence-electron chi connectivity index (χ2n) is 3.44. The molecule has 0 unspecified atom stereocenters. The van der Waals surface area contributed by atoms with E-state index in [-0.39, 0.29) is 11.5 Å². The first kappa shape index (κ1) is 11.8. The normalized spacial score (nSPS) is 10.3. The Kier molecular flexibility index (Phi) is 3.04. The molecule has 2 aromatic rings. The van der Waals surface area contributed by atoms with Crippen LogP contribution in [0, 0.1) is 17.0 Å². The van der Waals surface area contributed by atoms with Crippen molar-refractivity contribution in [3.63, 3.8) is 0 Å². The number of hydrogen-bond donors (Lipinski definition) is 2. The zero-order chi connectivity index (χ0) is 13.1. The third-order valence-electron chi connectivity index (χ3n) is 2.10. The van der Waals surface area contributed by atoms with E-state index in [1.54, 1.807) is 6.92 Å². The van der Waals surface area contributed by atoms with Crippen LogP contribution in [0.25, 0.3) is 0 Å². The van der Waals surface area contributed by atoms with Gasteiger partial charge in [0, 0.05) is 13.0 Å².